The number of benzene rings is 2. The quantitative estimate of drug-likeness (QED) is 0.591. The van der Waals surface area contributed by atoms with Gasteiger partial charge in [0.05, 0.1) is 5.69 Å². The van der Waals surface area contributed by atoms with Gasteiger partial charge < -0.3 is 4.74 Å². The van der Waals surface area contributed by atoms with E-state index in [1.54, 1.807) is 6.07 Å². The summed E-state index contributed by atoms with van der Waals surface area (Å²) in [5, 5.41) is 8.86. The fraction of sp³-hybridized carbons (Fsp3) is 0.238. The molecule has 4 rings (SSSR count). The van der Waals surface area contributed by atoms with Crippen LogP contribution in [-0.2, 0) is 4.79 Å². The van der Waals surface area contributed by atoms with Crippen LogP contribution in [0.15, 0.2) is 47.6 Å². The maximum absolute atomic E-state index is 14.1. The molecule has 0 unspecified atom stereocenters. The summed E-state index contributed by atoms with van der Waals surface area (Å²) in [7, 11) is 0. The van der Waals surface area contributed by atoms with Crippen molar-refractivity contribution in [1.29, 1.82) is 0 Å². The summed E-state index contributed by atoms with van der Waals surface area (Å²) in [6.07, 6.45) is -0.768. The van der Waals surface area contributed by atoms with Crippen molar-refractivity contribution in [2.45, 2.75) is 32.2 Å². The third kappa shape index (κ3) is 3.55. The smallest absolute Gasteiger partial charge is 0.247 e. The summed E-state index contributed by atoms with van der Waals surface area (Å²) in [5.74, 6) is 0.308. The zero-order chi connectivity index (χ0) is 20.5. The molecule has 1 aliphatic rings. The predicted octanol–water partition coefficient (Wildman–Crippen LogP) is 4.54. The zero-order valence-electron chi connectivity index (χ0n) is 16.2. The summed E-state index contributed by atoms with van der Waals surface area (Å²) in [5.41, 5.74) is 3.00. The average molecular weight is 410 g/mol. The first-order valence-corrected chi connectivity index (χ1v) is 10.2. The lowest BCUT2D eigenvalue weighted by molar-refractivity contribution is -0.118. The first-order chi connectivity index (χ1) is 14.0. The van der Waals surface area contributed by atoms with Gasteiger partial charge in [0, 0.05) is 18.1 Å². The number of rotatable bonds is 3. The van der Waals surface area contributed by atoms with E-state index in [2.05, 4.69) is 15.2 Å². The Morgan fingerprint density at radius 3 is 2.76 bits per heavy atom. The third-order valence-corrected chi connectivity index (χ3v) is 5.35. The molecule has 6 nitrogen and oxygen atoms in total. The second-order valence-corrected chi connectivity index (χ2v) is 7.79. The molecule has 1 amide bonds. The Balaban J connectivity index is 1.99. The molecule has 2 heterocycles. The minimum atomic E-state index is -0.768. The van der Waals surface area contributed by atoms with Crippen molar-refractivity contribution in [2.75, 3.05) is 10.7 Å². The highest BCUT2D eigenvalue weighted by molar-refractivity contribution is 7.99. The van der Waals surface area contributed by atoms with Crippen molar-refractivity contribution in [3.8, 4) is 17.1 Å². The van der Waals surface area contributed by atoms with Crippen LogP contribution in [0.1, 0.15) is 31.2 Å². The summed E-state index contributed by atoms with van der Waals surface area (Å²) in [6.45, 7) is 5.39. The van der Waals surface area contributed by atoms with E-state index in [0.717, 1.165) is 16.9 Å². The van der Waals surface area contributed by atoms with Gasteiger partial charge in [-0.25, -0.2) is 4.39 Å². The highest BCUT2D eigenvalue weighted by Gasteiger charge is 2.35. The second-order valence-electron chi connectivity index (χ2n) is 6.56. The SMILES string of the molecule is CCSc1nnc2c(n1)O[C@H](c1ccccc1C)N(C(C)=O)c1ccc(F)cc1-2. The number of aromatic nitrogens is 3. The van der Waals surface area contributed by atoms with E-state index in [9.17, 15) is 9.18 Å². The van der Waals surface area contributed by atoms with Crippen LogP contribution in [0.25, 0.3) is 11.3 Å². The Morgan fingerprint density at radius 1 is 1.24 bits per heavy atom. The van der Waals surface area contributed by atoms with Crippen LogP contribution in [-0.4, -0.2) is 26.8 Å². The minimum Gasteiger partial charge on any atom is -0.447 e. The van der Waals surface area contributed by atoms with Crippen molar-refractivity contribution in [1.82, 2.24) is 15.2 Å². The van der Waals surface area contributed by atoms with Gasteiger partial charge in [-0.15, -0.1) is 10.2 Å². The number of halogens is 1. The van der Waals surface area contributed by atoms with Crippen LogP contribution < -0.4 is 9.64 Å². The van der Waals surface area contributed by atoms with Crippen LogP contribution in [0.3, 0.4) is 0 Å². The van der Waals surface area contributed by atoms with Crippen LogP contribution >= 0.6 is 11.8 Å². The van der Waals surface area contributed by atoms with Gasteiger partial charge in [-0.05, 0) is 36.4 Å². The number of carbonyl (C=O) groups excluding carboxylic acids is 1. The molecule has 0 bridgehead atoms. The Kier molecular flexibility index (Phi) is 5.19. The first-order valence-electron chi connectivity index (χ1n) is 9.19. The summed E-state index contributed by atoms with van der Waals surface area (Å²) in [6, 6.07) is 11.9. The number of hydrogen-bond donors (Lipinski definition) is 0. The van der Waals surface area contributed by atoms with Crippen molar-refractivity contribution < 1.29 is 13.9 Å². The van der Waals surface area contributed by atoms with Crippen LogP contribution in [0.2, 0.25) is 0 Å². The summed E-state index contributed by atoms with van der Waals surface area (Å²) < 4.78 is 20.4. The number of ether oxygens (including phenoxy) is 1. The standard InChI is InChI=1S/C21H19FN4O2S/c1-4-29-21-23-19-18(24-25-21)16-11-14(22)9-10-17(16)26(13(3)27)20(28-19)15-8-6-5-7-12(15)2/h5-11,20H,4H2,1-3H3/t20-/m1/s1. The molecular weight excluding hydrogens is 391 g/mol. The number of fused-ring (bicyclic) bond motifs is 3. The van der Waals surface area contributed by atoms with Crippen LogP contribution in [0.5, 0.6) is 5.88 Å². The van der Waals surface area contributed by atoms with Gasteiger partial charge in [-0.1, -0.05) is 43.0 Å². The molecule has 2 aromatic carbocycles. The van der Waals surface area contributed by atoms with Crippen molar-refractivity contribution in [2.24, 2.45) is 0 Å². The molecule has 0 saturated heterocycles. The van der Waals surface area contributed by atoms with E-state index in [0.29, 0.717) is 22.1 Å². The number of aryl methyl sites for hydroxylation is 1. The number of carbonyl (C=O) groups is 1. The summed E-state index contributed by atoms with van der Waals surface area (Å²) >= 11 is 1.43. The number of nitrogens with zero attached hydrogens (tertiary/aromatic N) is 4. The van der Waals surface area contributed by atoms with E-state index in [4.69, 9.17) is 4.74 Å². The molecule has 0 aliphatic carbocycles. The van der Waals surface area contributed by atoms with Gasteiger partial charge in [-0.2, -0.15) is 4.98 Å². The van der Waals surface area contributed by atoms with Crippen molar-refractivity contribution in [3.63, 3.8) is 0 Å². The Bertz CT molecular complexity index is 1090. The Labute approximate surface area is 172 Å². The first kappa shape index (κ1) is 19.3. The van der Waals surface area contributed by atoms with E-state index >= 15 is 0 Å². The molecule has 0 radical (unpaired) electrons. The van der Waals surface area contributed by atoms with E-state index in [1.807, 2.05) is 38.1 Å². The monoisotopic (exact) mass is 410 g/mol. The van der Waals surface area contributed by atoms with E-state index in [-0.39, 0.29) is 11.8 Å². The maximum atomic E-state index is 14.1. The fourth-order valence-corrected chi connectivity index (χ4v) is 3.84. The van der Waals surface area contributed by atoms with Gasteiger partial charge in [0.1, 0.15) is 5.82 Å². The predicted molar refractivity (Wildman–Crippen MR) is 109 cm³/mol. The highest BCUT2D eigenvalue weighted by Crippen LogP contribution is 2.44. The number of anilines is 1. The van der Waals surface area contributed by atoms with Gasteiger partial charge in [-0.3, -0.25) is 9.69 Å². The highest BCUT2D eigenvalue weighted by atomic mass is 32.2. The lowest BCUT2D eigenvalue weighted by Gasteiger charge is -2.30. The molecule has 0 fully saturated rings. The minimum absolute atomic E-state index is 0.222. The number of hydrogen-bond acceptors (Lipinski definition) is 6. The molecule has 1 aliphatic heterocycles. The lowest BCUT2D eigenvalue weighted by atomic mass is 10.0. The lowest BCUT2D eigenvalue weighted by Crippen LogP contribution is -2.36. The van der Waals surface area contributed by atoms with Gasteiger partial charge in [0.25, 0.3) is 0 Å². The van der Waals surface area contributed by atoms with Gasteiger partial charge in [0.15, 0.2) is 5.69 Å². The Hall–Kier alpha value is -3.00. The van der Waals surface area contributed by atoms with E-state index in [1.165, 1.54) is 35.7 Å². The zero-order valence-corrected chi connectivity index (χ0v) is 17.0. The van der Waals surface area contributed by atoms with Crippen LogP contribution in [0.4, 0.5) is 10.1 Å². The average Bonchev–Trinajstić information content (AvgIpc) is 2.82. The molecular formula is C21H19FN4O2S. The molecule has 8 heteroatoms. The maximum Gasteiger partial charge on any atom is 0.247 e. The van der Waals surface area contributed by atoms with Gasteiger partial charge >= 0.3 is 0 Å². The van der Waals surface area contributed by atoms with Crippen molar-refractivity contribution >= 4 is 23.4 Å². The molecule has 3 aromatic rings. The molecule has 0 saturated carbocycles. The van der Waals surface area contributed by atoms with Gasteiger partial charge in [0.2, 0.25) is 23.2 Å². The molecule has 1 aromatic heterocycles. The molecule has 0 spiro atoms. The molecule has 1 atom stereocenters. The fourth-order valence-electron chi connectivity index (χ4n) is 3.33. The second kappa shape index (κ2) is 7.79. The topological polar surface area (TPSA) is 68.2 Å². The largest absolute Gasteiger partial charge is 0.447 e. The van der Waals surface area contributed by atoms with E-state index < -0.39 is 12.0 Å². The number of amides is 1. The van der Waals surface area contributed by atoms with Crippen molar-refractivity contribution in [3.05, 3.63) is 59.4 Å². The molecule has 0 N–H and O–H groups in total. The van der Waals surface area contributed by atoms with Crippen LogP contribution in [0, 0.1) is 12.7 Å². The molecule has 29 heavy (non-hydrogen) atoms. The summed E-state index contributed by atoms with van der Waals surface area (Å²) in [4.78, 5) is 18.7. The Morgan fingerprint density at radius 2 is 2.03 bits per heavy atom. The normalized spacial score (nSPS) is 15.2. The molecule has 148 valence electrons. The third-order valence-electron chi connectivity index (χ3n) is 4.63. The number of thioether (sulfide) groups is 1.